The van der Waals surface area contributed by atoms with Gasteiger partial charge in [-0.3, -0.25) is 4.90 Å². The molecule has 0 radical (unpaired) electrons. The fourth-order valence-corrected chi connectivity index (χ4v) is 3.89. The summed E-state index contributed by atoms with van der Waals surface area (Å²) >= 11 is 0. The summed E-state index contributed by atoms with van der Waals surface area (Å²) < 4.78 is 44.7. The lowest BCUT2D eigenvalue weighted by molar-refractivity contribution is -0.137. The Morgan fingerprint density at radius 3 is 2.59 bits per heavy atom. The van der Waals surface area contributed by atoms with E-state index in [1.165, 1.54) is 11.6 Å². The Morgan fingerprint density at radius 2 is 1.88 bits per heavy atom. The lowest BCUT2D eigenvalue weighted by Gasteiger charge is -2.27. The summed E-state index contributed by atoms with van der Waals surface area (Å²) in [5.74, 6) is 1.26. The molecule has 3 aromatic rings. The standard InChI is InChI=1S/C25H26F3N3O/c1-3-11-31-12-10-23-20(15-31)14-29-24(30-23)18-5-8-22(9-6-18)32-16-19-13-21(25(26,27)28)7-4-17(19)2/h4-9,13-14H,3,10-12,15-16H2,1-2H3. The number of hydrogen-bond donors (Lipinski definition) is 0. The van der Waals surface area contributed by atoms with Gasteiger partial charge < -0.3 is 4.74 Å². The van der Waals surface area contributed by atoms with Crippen molar-refractivity contribution in [2.24, 2.45) is 0 Å². The van der Waals surface area contributed by atoms with E-state index in [2.05, 4.69) is 16.8 Å². The fourth-order valence-electron chi connectivity index (χ4n) is 3.89. The van der Waals surface area contributed by atoms with E-state index in [0.29, 0.717) is 17.1 Å². The Labute approximate surface area is 186 Å². The van der Waals surface area contributed by atoms with Crippen molar-refractivity contribution in [2.45, 2.75) is 46.0 Å². The first-order chi connectivity index (χ1) is 15.3. The number of halogens is 3. The molecule has 0 spiro atoms. The minimum Gasteiger partial charge on any atom is -0.489 e. The molecule has 0 unspecified atom stereocenters. The van der Waals surface area contributed by atoms with Crippen LogP contribution in [-0.2, 0) is 25.7 Å². The zero-order valence-electron chi connectivity index (χ0n) is 18.2. The second kappa shape index (κ2) is 9.28. The average molecular weight is 441 g/mol. The monoisotopic (exact) mass is 441 g/mol. The first-order valence-electron chi connectivity index (χ1n) is 10.8. The summed E-state index contributed by atoms with van der Waals surface area (Å²) in [6, 6.07) is 11.1. The molecule has 168 valence electrons. The molecule has 32 heavy (non-hydrogen) atoms. The number of fused-ring (bicyclic) bond motifs is 1. The zero-order valence-corrected chi connectivity index (χ0v) is 18.2. The van der Waals surface area contributed by atoms with Gasteiger partial charge in [-0.2, -0.15) is 13.2 Å². The van der Waals surface area contributed by atoms with Gasteiger partial charge in [-0.1, -0.05) is 13.0 Å². The molecule has 0 bridgehead atoms. The van der Waals surface area contributed by atoms with Gasteiger partial charge in [0.15, 0.2) is 5.82 Å². The first-order valence-corrected chi connectivity index (χ1v) is 10.8. The van der Waals surface area contributed by atoms with Crippen LogP contribution < -0.4 is 4.74 Å². The predicted octanol–water partition coefficient (Wildman–Crippen LogP) is 5.82. The van der Waals surface area contributed by atoms with E-state index in [9.17, 15) is 13.2 Å². The van der Waals surface area contributed by atoms with Crippen molar-refractivity contribution in [3.63, 3.8) is 0 Å². The van der Waals surface area contributed by atoms with Crippen LogP contribution >= 0.6 is 0 Å². The quantitative estimate of drug-likeness (QED) is 0.483. The van der Waals surface area contributed by atoms with E-state index in [1.54, 1.807) is 19.1 Å². The highest BCUT2D eigenvalue weighted by molar-refractivity contribution is 5.56. The van der Waals surface area contributed by atoms with Crippen molar-refractivity contribution < 1.29 is 17.9 Å². The molecule has 0 amide bonds. The van der Waals surface area contributed by atoms with Crippen molar-refractivity contribution in [3.8, 4) is 17.1 Å². The molecule has 1 aromatic heterocycles. The van der Waals surface area contributed by atoms with Gasteiger partial charge in [-0.25, -0.2) is 9.97 Å². The van der Waals surface area contributed by atoms with Crippen molar-refractivity contribution in [2.75, 3.05) is 13.1 Å². The van der Waals surface area contributed by atoms with Gasteiger partial charge >= 0.3 is 6.18 Å². The number of aromatic nitrogens is 2. The van der Waals surface area contributed by atoms with Crippen LogP contribution in [0.2, 0.25) is 0 Å². The van der Waals surface area contributed by atoms with Gasteiger partial charge in [0.2, 0.25) is 0 Å². The molecule has 4 nitrogen and oxygen atoms in total. The third-order valence-corrected chi connectivity index (χ3v) is 5.74. The first kappa shape index (κ1) is 22.3. The number of aryl methyl sites for hydroxylation is 1. The molecule has 0 saturated heterocycles. The number of hydrogen-bond acceptors (Lipinski definition) is 4. The number of ether oxygens (including phenoxy) is 1. The molecule has 2 aromatic carbocycles. The smallest absolute Gasteiger partial charge is 0.416 e. The van der Waals surface area contributed by atoms with E-state index < -0.39 is 11.7 Å². The predicted molar refractivity (Wildman–Crippen MR) is 117 cm³/mol. The summed E-state index contributed by atoms with van der Waals surface area (Å²) in [7, 11) is 0. The number of nitrogens with zero attached hydrogens (tertiary/aromatic N) is 3. The maximum absolute atomic E-state index is 13.0. The van der Waals surface area contributed by atoms with Crippen LogP contribution in [0.3, 0.4) is 0 Å². The summed E-state index contributed by atoms with van der Waals surface area (Å²) in [5, 5.41) is 0. The van der Waals surface area contributed by atoms with Crippen LogP contribution in [0.1, 0.15) is 41.3 Å². The second-order valence-electron chi connectivity index (χ2n) is 8.14. The van der Waals surface area contributed by atoms with E-state index in [1.807, 2.05) is 18.3 Å². The Kier molecular flexibility index (Phi) is 6.46. The SMILES string of the molecule is CCCN1CCc2nc(-c3ccc(OCc4cc(C(F)(F)F)ccc4C)cc3)ncc2C1. The number of rotatable bonds is 6. The van der Waals surface area contributed by atoms with Gasteiger partial charge in [0.1, 0.15) is 12.4 Å². The Bertz CT molecular complexity index is 1080. The maximum Gasteiger partial charge on any atom is 0.416 e. The molecule has 0 atom stereocenters. The summed E-state index contributed by atoms with van der Waals surface area (Å²) in [5.41, 5.74) is 3.77. The van der Waals surface area contributed by atoms with Gasteiger partial charge in [-0.15, -0.1) is 0 Å². The van der Waals surface area contributed by atoms with Crippen molar-refractivity contribution in [3.05, 3.63) is 76.6 Å². The van der Waals surface area contributed by atoms with Crippen molar-refractivity contribution >= 4 is 0 Å². The summed E-state index contributed by atoms with van der Waals surface area (Å²) in [6.07, 6.45) is -0.397. The Balaban J connectivity index is 1.43. The Morgan fingerprint density at radius 1 is 1.09 bits per heavy atom. The second-order valence-corrected chi connectivity index (χ2v) is 8.14. The molecular weight excluding hydrogens is 415 g/mol. The van der Waals surface area contributed by atoms with Crippen LogP contribution in [0.4, 0.5) is 13.2 Å². The van der Waals surface area contributed by atoms with Crippen LogP contribution in [0.5, 0.6) is 5.75 Å². The normalized spacial score (nSPS) is 14.3. The molecule has 7 heteroatoms. The largest absolute Gasteiger partial charge is 0.489 e. The minimum absolute atomic E-state index is 0.0682. The molecule has 4 rings (SSSR count). The number of benzene rings is 2. The lowest BCUT2D eigenvalue weighted by atomic mass is 10.1. The molecule has 0 saturated carbocycles. The molecule has 0 aliphatic carbocycles. The van der Waals surface area contributed by atoms with Crippen LogP contribution in [0, 0.1) is 6.92 Å². The van der Waals surface area contributed by atoms with E-state index in [0.717, 1.165) is 61.4 Å². The molecule has 0 fully saturated rings. The zero-order chi connectivity index (χ0) is 22.7. The Hall–Kier alpha value is -2.93. The highest BCUT2D eigenvalue weighted by atomic mass is 19.4. The molecule has 1 aliphatic rings. The van der Waals surface area contributed by atoms with Crippen molar-refractivity contribution in [1.29, 1.82) is 0 Å². The third kappa shape index (κ3) is 5.10. The lowest BCUT2D eigenvalue weighted by Crippen LogP contribution is -2.31. The molecule has 2 heterocycles. The van der Waals surface area contributed by atoms with Gasteiger partial charge in [0.05, 0.1) is 11.3 Å². The van der Waals surface area contributed by atoms with Crippen LogP contribution in [0.15, 0.2) is 48.7 Å². The van der Waals surface area contributed by atoms with Crippen LogP contribution in [-0.4, -0.2) is 28.0 Å². The third-order valence-electron chi connectivity index (χ3n) is 5.74. The topological polar surface area (TPSA) is 38.2 Å². The molecule has 0 N–H and O–H groups in total. The van der Waals surface area contributed by atoms with E-state index >= 15 is 0 Å². The highest BCUT2D eigenvalue weighted by Gasteiger charge is 2.30. The molecule has 1 aliphatic heterocycles. The van der Waals surface area contributed by atoms with Gasteiger partial charge in [-0.05, 0) is 67.4 Å². The van der Waals surface area contributed by atoms with E-state index in [4.69, 9.17) is 9.72 Å². The maximum atomic E-state index is 13.0. The molecular formula is C25H26F3N3O. The highest BCUT2D eigenvalue weighted by Crippen LogP contribution is 2.31. The van der Waals surface area contributed by atoms with E-state index in [-0.39, 0.29) is 6.61 Å². The fraction of sp³-hybridized carbons (Fsp3) is 0.360. The minimum atomic E-state index is -4.37. The summed E-state index contributed by atoms with van der Waals surface area (Å²) in [6.45, 7) is 7.02. The average Bonchev–Trinajstić information content (AvgIpc) is 2.78. The van der Waals surface area contributed by atoms with Gasteiger partial charge in [0.25, 0.3) is 0 Å². The summed E-state index contributed by atoms with van der Waals surface area (Å²) in [4.78, 5) is 11.7. The number of alkyl halides is 3. The van der Waals surface area contributed by atoms with Crippen molar-refractivity contribution in [1.82, 2.24) is 14.9 Å². The van der Waals surface area contributed by atoms with Crippen LogP contribution in [0.25, 0.3) is 11.4 Å². The van der Waals surface area contributed by atoms with Gasteiger partial charge in [0, 0.05) is 36.8 Å².